The van der Waals surface area contributed by atoms with Crippen LogP contribution >= 0.6 is 0 Å². The van der Waals surface area contributed by atoms with Crippen LogP contribution in [-0.2, 0) is 4.74 Å². The molecule has 1 saturated heterocycles. The molecule has 2 unspecified atom stereocenters. The average Bonchev–Trinajstić information content (AvgIpc) is 2.73. The van der Waals surface area contributed by atoms with Gasteiger partial charge < -0.3 is 40.1 Å². The highest BCUT2D eigenvalue weighted by atomic mass is 16.7. The molecular weight excluding hydrogens is 396 g/mol. The second kappa shape index (κ2) is 9.24. The Hall–Kier alpha value is -2.95. The highest BCUT2D eigenvalue weighted by Gasteiger charge is 2.44. The van der Waals surface area contributed by atoms with E-state index in [1.54, 1.807) is 12.1 Å². The molecule has 1 aliphatic heterocycles. The number of hydrogen-bond donors (Lipinski definition) is 6. The number of ketones is 1. The summed E-state index contributed by atoms with van der Waals surface area (Å²) >= 11 is 0. The summed E-state index contributed by atoms with van der Waals surface area (Å²) in [4.78, 5) is 12.3. The summed E-state index contributed by atoms with van der Waals surface area (Å²) in [5, 5.41) is 58.2. The van der Waals surface area contributed by atoms with E-state index >= 15 is 0 Å². The van der Waals surface area contributed by atoms with Crippen molar-refractivity contribution in [3.63, 3.8) is 0 Å². The van der Waals surface area contributed by atoms with E-state index in [0.717, 1.165) is 6.07 Å². The summed E-state index contributed by atoms with van der Waals surface area (Å²) in [6.07, 6.45) is -4.46. The molecule has 1 fully saturated rings. The molecule has 0 bridgehead atoms. The van der Waals surface area contributed by atoms with E-state index in [1.165, 1.54) is 36.4 Å². The van der Waals surface area contributed by atoms with Crippen molar-refractivity contribution in [3.05, 3.63) is 59.7 Å². The van der Waals surface area contributed by atoms with E-state index in [9.17, 15) is 35.4 Å². The predicted molar refractivity (Wildman–Crippen MR) is 104 cm³/mol. The number of aliphatic hydroxyl groups is 4. The van der Waals surface area contributed by atoms with Crippen molar-refractivity contribution in [2.75, 3.05) is 6.61 Å². The quantitative estimate of drug-likeness (QED) is 0.284. The highest BCUT2D eigenvalue weighted by molar-refractivity contribution is 6.08. The minimum Gasteiger partial charge on any atom is -0.508 e. The number of carbonyl (C=O) groups is 1. The molecule has 0 spiro atoms. The molecule has 9 heteroatoms. The number of phenolic OH excluding ortho intramolecular Hbond substituents is 2. The third-order valence-corrected chi connectivity index (χ3v) is 4.66. The first kappa shape index (κ1) is 21.8. The molecule has 0 aromatic heterocycles. The van der Waals surface area contributed by atoms with Crippen LogP contribution in [0, 0.1) is 0 Å². The number of hydrogen-bond acceptors (Lipinski definition) is 9. The van der Waals surface area contributed by atoms with Crippen molar-refractivity contribution in [2.45, 2.75) is 30.7 Å². The summed E-state index contributed by atoms with van der Waals surface area (Å²) < 4.78 is 10.6. The number of aliphatic hydroxyl groups excluding tert-OH is 4. The van der Waals surface area contributed by atoms with Gasteiger partial charge in [0.05, 0.1) is 12.2 Å². The average molecular weight is 418 g/mol. The van der Waals surface area contributed by atoms with Gasteiger partial charge in [0.1, 0.15) is 41.7 Å². The maximum atomic E-state index is 12.3. The Balaban J connectivity index is 1.70. The molecule has 0 saturated carbocycles. The van der Waals surface area contributed by atoms with E-state index in [0.29, 0.717) is 5.56 Å². The van der Waals surface area contributed by atoms with Gasteiger partial charge in [0, 0.05) is 6.07 Å². The second-order valence-corrected chi connectivity index (χ2v) is 6.78. The second-order valence-electron chi connectivity index (χ2n) is 6.78. The van der Waals surface area contributed by atoms with Crippen LogP contribution in [0.5, 0.6) is 17.2 Å². The zero-order valence-corrected chi connectivity index (χ0v) is 15.7. The summed E-state index contributed by atoms with van der Waals surface area (Å²) in [6, 6.07) is 10.0. The van der Waals surface area contributed by atoms with Gasteiger partial charge in [0.2, 0.25) is 6.29 Å². The third-order valence-electron chi connectivity index (χ3n) is 4.66. The molecule has 0 radical (unpaired) electrons. The Morgan fingerprint density at radius 1 is 1.00 bits per heavy atom. The van der Waals surface area contributed by atoms with Gasteiger partial charge in [-0.05, 0) is 35.9 Å². The third kappa shape index (κ3) is 4.78. The van der Waals surface area contributed by atoms with E-state index in [4.69, 9.17) is 9.47 Å². The number of aromatic hydroxyl groups is 2. The predicted octanol–water partition coefficient (Wildman–Crippen LogP) is 0.173. The SMILES string of the molecule is O=C(/C=C/c1ccc(O)cc1)c1ccc(OC2OC(CO)[C@@H](O)[C@H](O)[C@H]2O)cc1O. The Morgan fingerprint density at radius 2 is 1.70 bits per heavy atom. The molecule has 1 aliphatic rings. The number of ether oxygens (including phenoxy) is 2. The Bertz CT molecular complexity index is 907. The summed E-state index contributed by atoms with van der Waals surface area (Å²) in [5.74, 6) is -0.709. The fraction of sp³-hybridized carbons (Fsp3) is 0.286. The van der Waals surface area contributed by atoms with Gasteiger partial charge in [-0.1, -0.05) is 18.2 Å². The fourth-order valence-electron chi connectivity index (χ4n) is 2.94. The minimum absolute atomic E-state index is 0.00572. The Morgan fingerprint density at radius 3 is 2.33 bits per heavy atom. The number of phenols is 2. The van der Waals surface area contributed by atoms with Crippen LogP contribution < -0.4 is 4.74 Å². The minimum atomic E-state index is -1.60. The lowest BCUT2D eigenvalue weighted by atomic mass is 9.99. The van der Waals surface area contributed by atoms with Crippen LogP contribution in [0.1, 0.15) is 15.9 Å². The first-order valence-electron chi connectivity index (χ1n) is 9.12. The smallest absolute Gasteiger partial charge is 0.229 e. The van der Waals surface area contributed by atoms with Crippen molar-refractivity contribution in [1.29, 1.82) is 0 Å². The molecule has 1 heterocycles. The van der Waals surface area contributed by atoms with Crippen molar-refractivity contribution in [1.82, 2.24) is 0 Å². The fourth-order valence-corrected chi connectivity index (χ4v) is 2.94. The number of rotatable bonds is 6. The van der Waals surface area contributed by atoms with Crippen molar-refractivity contribution >= 4 is 11.9 Å². The van der Waals surface area contributed by atoms with Crippen LogP contribution in [-0.4, -0.2) is 73.7 Å². The molecule has 160 valence electrons. The van der Waals surface area contributed by atoms with Crippen molar-refractivity contribution in [2.24, 2.45) is 0 Å². The van der Waals surface area contributed by atoms with Crippen LogP contribution in [0.25, 0.3) is 6.08 Å². The lowest BCUT2D eigenvalue weighted by Gasteiger charge is -2.39. The molecule has 3 rings (SSSR count). The van der Waals surface area contributed by atoms with Crippen LogP contribution in [0.3, 0.4) is 0 Å². The van der Waals surface area contributed by atoms with Crippen molar-refractivity contribution < 1.29 is 44.9 Å². The van der Waals surface area contributed by atoms with E-state index in [1.807, 2.05) is 0 Å². The van der Waals surface area contributed by atoms with Crippen molar-refractivity contribution in [3.8, 4) is 17.2 Å². The monoisotopic (exact) mass is 418 g/mol. The van der Waals surface area contributed by atoms with E-state index in [-0.39, 0.29) is 22.8 Å². The van der Waals surface area contributed by atoms with Gasteiger partial charge in [0.25, 0.3) is 0 Å². The number of carbonyl (C=O) groups excluding carboxylic acids is 1. The van der Waals surface area contributed by atoms with Gasteiger partial charge in [-0.25, -0.2) is 0 Å². The summed E-state index contributed by atoms with van der Waals surface area (Å²) in [5.41, 5.74) is 0.689. The zero-order valence-electron chi connectivity index (χ0n) is 15.7. The Kier molecular flexibility index (Phi) is 6.70. The maximum absolute atomic E-state index is 12.3. The topological polar surface area (TPSA) is 157 Å². The highest BCUT2D eigenvalue weighted by Crippen LogP contribution is 2.28. The summed E-state index contributed by atoms with van der Waals surface area (Å²) in [6.45, 7) is -0.600. The van der Waals surface area contributed by atoms with Gasteiger partial charge in [-0.15, -0.1) is 0 Å². The van der Waals surface area contributed by atoms with Gasteiger partial charge in [-0.3, -0.25) is 4.79 Å². The molecule has 6 N–H and O–H groups in total. The molecule has 2 aromatic rings. The largest absolute Gasteiger partial charge is 0.508 e. The lowest BCUT2D eigenvalue weighted by Crippen LogP contribution is -2.60. The molecule has 2 aromatic carbocycles. The van der Waals surface area contributed by atoms with Crippen LogP contribution in [0.2, 0.25) is 0 Å². The number of allylic oxidation sites excluding steroid dienone is 1. The molecule has 5 atom stereocenters. The zero-order chi connectivity index (χ0) is 21.8. The maximum Gasteiger partial charge on any atom is 0.229 e. The molecule has 0 aliphatic carbocycles. The van der Waals surface area contributed by atoms with E-state index < -0.39 is 43.1 Å². The molecular formula is C21H22O9. The van der Waals surface area contributed by atoms with E-state index in [2.05, 4.69) is 0 Å². The van der Waals surface area contributed by atoms with Crippen LogP contribution in [0.4, 0.5) is 0 Å². The standard InChI is InChI=1S/C21H22O9/c22-10-17-18(26)19(27)20(28)21(30-17)29-13-6-7-14(16(25)9-13)15(24)8-3-11-1-4-12(23)5-2-11/h1-9,17-23,25-28H,10H2/b8-3+/t17?,18-,19+,20-,21?/m1/s1. The van der Waals surface area contributed by atoms with Gasteiger partial charge >= 0.3 is 0 Å². The molecule has 9 nitrogen and oxygen atoms in total. The number of benzene rings is 2. The first-order chi connectivity index (χ1) is 14.3. The normalized spacial score (nSPS) is 26.6. The Labute approximate surface area is 171 Å². The van der Waals surface area contributed by atoms with Gasteiger partial charge in [0.15, 0.2) is 5.78 Å². The van der Waals surface area contributed by atoms with Crippen LogP contribution in [0.15, 0.2) is 48.5 Å². The molecule has 0 amide bonds. The summed E-state index contributed by atoms with van der Waals surface area (Å²) in [7, 11) is 0. The van der Waals surface area contributed by atoms with Gasteiger partial charge in [-0.2, -0.15) is 0 Å². The lowest BCUT2D eigenvalue weighted by molar-refractivity contribution is -0.277. The molecule has 30 heavy (non-hydrogen) atoms. The first-order valence-corrected chi connectivity index (χ1v) is 9.12.